The normalized spacial score (nSPS) is 15.6. The number of likely N-dealkylation sites (tertiary alicyclic amines) is 1. The number of hydrogen-bond donors (Lipinski definition) is 3. The molecule has 4 heterocycles. The van der Waals surface area contributed by atoms with Gasteiger partial charge in [-0.05, 0) is 40.4 Å². The quantitative estimate of drug-likeness (QED) is 0.499. The van der Waals surface area contributed by atoms with Gasteiger partial charge in [-0.1, -0.05) is 11.8 Å². The van der Waals surface area contributed by atoms with Gasteiger partial charge in [0, 0.05) is 29.0 Å². The molecule has 5 rings (SSSR count). The molecule has 3 N–H and O–H groups in total. The largest absolute Gasteiger partial charge is 0.465 e. The number of ether oxygens (including phenoxy) is 2. The van der Waals surface area contributed by atoms with E-state index in [-0.39, 0.29) is 12.3 Å². The van der Waals surface area contributed by atoms with Crippen molar-refractivity contribution in [2.75, 3.05) is 19.9 Å². The average molecular weight is 493 g/mol. The van der Waals surface area contributed by atoms with Crippen molar-refractivity contribution in [1.29, 1.82) is 5.41 Å². The van der Waals surface area contributed by atoms with E-state index in [0.29, 0.717) is 53.4 Å². The Kier molecular flexibility index (Phi) is 4.82. The van der Waals surface area contributed by atoms with Gasteiger partial charge in [0.2, 0.25) is 6.79 Å². The third kappa shape index (κ3) is 3.49. The molecule has 2 aliphatic heterocycles. The number of amides is 1. The smallest absolute Gasteiger partial charge is 0.407 e. The molecule has 2 aromatic heterocycles. The van der Waals surface area contributed by atoms with Crippen molar-refractivity contribution < 1.29 is 19.4 Å². The lowest BCUT2D eigenvalue weighted by Gasteiger charge is -2.37. The Morgan fingerprint density at radius 3 is 2.90 bits per heavy atom. The molecule has 1 amide bonds. The minimum Gasteiger partial charge on any atom is -0.465 e. The lowest BCUT2D eigenvalue weighted by molar-refractivity contribution is 0.0766. The van der Waals surface area contributed by atoms with Gasteiger partial charge in [-0.2, -0.15) is 0 Å². The van der Waals surface area contributed by atoms with Gasteiger partial charge in [0.25, 0.3) is 0 Å². The monoisotopic (exact) mass is 492 g/mol. The molecule has 2 aliphatic rings. The van der Waals surface area contributed by atoms with E-state index in [4.69, 9.17) is 20.0 Å². The van der Waals surface area contributed by atoms with Crippen LogP contribution in [0.25, 0.3) is 11.2 Å². The Morgan fingerprint density at radius 2 is 2.13 bits per heavy atom. The van der Waals surface area contributed by atoms with Crippen LogP contribution < -0.4 is 15.0 Å². The molecule has 0 spiro atoms. The van der Waals surface area contributed by atoms with E-state index in [2.05, 4.69) is 30.9 Å². The molecular weight excluding hydrogens is 476 g/mol. The third-order valence-corrected chi connectivity index (χ3v) is 7.00. The maximum absolute atomic E-state index is 10.9. The Morgan fingerprint density at radius 1 is 1.37 bits per heavy atom. The van der Waals surface area contributed by atoms with Crippen molar-refractivity contribution in [3.8, 4) is 11.5 Å². The Labute approximate surface area is 182 Å². The molecule has 3 aromatic rings. The number of nitrogens with one attached hydrogen (secondary N) is 2. The van der Waals surface area contributed by atoms with E-state index in [0.717, 1.165) is 15.8 Å². The van der Waals surface area contributed by atoms with Crippen LogP contribution >= 0.6 is 27.7 Å². The molecule has 0 saturated carbocycles. The molecule has 1 aromatic carbocycles. The lowest BCUT2D eigenvalue weighted by atomic mass is 9.97. The first-order valence-electron chi connectivity index (χ1n) is 9.22. The second-order valence-electron chi connectivity index (χ2n) is 7.11. The number of nitrogens with zero attached hydrogens (tertiary/aromatic N) is 4. The number of H-pyrrole nitrogens is 1. The number of aryl methyl sites for hydroxylation is 1. The summed E-state index contributed by atoms with van der Waals surface area (Å²) in [5, 5.41) is 17.7. The fraction of sp³-hybridized carbons (Fsp3) is 0.333. The highest BCUT2D eigenvalue weighted by atomic mass is 79.9. The highest BCUT2D eigenvalue weighted by Gasteiger charge is 2.30. The van der Waals surface area contributed by atoms with Gasteiger partial charge in [0.15, 0.2) is 27.8 Å². The number of aromatic nitrogens is 4. The minimum atomic E-state index is -0.870. The highest BCUT2D eigenvalue weighted by Crippen LogP contribution is 2.42. The topological polar surface area (TPSA) is 129 Å². The first kappa shape index (κ1) is 19.2. The van der Waals surface area contributed by atoms with Gasteiger partial charge < -0.3 is 29.0 Å². The molecule has 1 saturated heterocycles. The molecule has 156 valence electrons. The van der Waals surface area contributed by atoms with Gasteiger partial charge in [-0.3, -0.25) is 5.41 Å². The van der Waals surface area contributed by atoms with Crippen molar-refractivity contribution in [1.82, 2.24) is 24.4 Å². The van der Waals surface area contributed by atoms with E-state index in [1.54, 1.807) is 6.33 Å². The summed E-state index contributed by atoms with van der Waals surface area (Å²) >= 11 is 4.97. The standard InChI is InChI=1S/C18H17BrN6O4S/c19-10-3-11-12(29-8-28-11)4-13(10)30-17-22-14-15(20)21-7-24(16(14)23-17)2-1-9-5-25(6-9)18(26)27/h3-4,7,9,20H,1-2,5-6,8H2,(H,22,23)(H,26,27). The SMILES string of the molecule is N=c1ncn(CCC2CN(C(=O)O)C2)c2nc(Sc3cc4c(cc3Br)OCO4)[nH]c12. The van der Waals surface area contributed by atoms with Crippen LogP contribution in [0.4, 0.5) is 4.79 Å². The van der Waals surface area contributed by atoms with Crippen molar-refractivity contribution in [2.24, 2.45) is 5.92 Å². The van der Waals surface area contributed by atoms with Crippen LogP contribution in [0.1, 0.15) is 6.42 Å². The molecular formula is C18H17BrN6O4S. The van der Waals surface area contributed by atoms with E-state index < -0.39 is 6.09 Å². The van der Waals surface area contributed by atoms with Crippen LogP contribution in [0.2, 0.25) is 0 Å². The highest BCUT2D eigenvalue weighted by molar-refractivity contribution is 9.10. The number of aromatic amines is 1. The maximum atomic E-state index is 10.9. The summed E-state index contributed by atoms with van der Waals surface area (Å²) in [5.41, 5.74) is 1.35. The molecule has 12 heteroatoms. The van der Waals surface area contributed by atoms with Crippen LogP contribution in [0.3, 0.4) is 0 Å². The number of benzene rings is 1. The van der Waals surface area contributed by atoms with E-state index >= 15 is 0 Å². The van der Waals surface area contributed by atoms with Crippen LogP contribution in [-0.4, -0.2) is 55.5 Å². The second kappa shape index (κ2) is 7.51. The van der Waals surface area contributed by atoms with Crippen molar-refractivity contribution >= 4 is 44.9 Å². The third-order valence-electron chi connectivity index (χ3n) is 5.14. The summed E-state index contributed by atoms with van der Waals surface area (Å²) in [6.45, 7) is 1.98. The van der Waals surface area contributed by atoms with E-state index in [1.807, 2.05) is 16.7 Å². The first-order valence-corrected chi connectivity index (χ1v) is 10.8. The lowest BCUT2D eigenvalue weighted by Crippen LogP contribution is -2.49. The second-order valence-corrected chi connectivity index (χ2v) is 8.99. The molecule has 30 heavy (non-hydrogen) atoms. The number of fused-ring (bicyclic) bond motifs is 2. The summed E-state index contributed by atoms with van der Waals surface area (Å²) in [4.78, 5) is 25.2. The van der Waals surface area contributed by atoms with E-state index in [9.17, 15) is 4.79 Å². The molecule has 0 aliphatic carbocycles. The first-order chi connectivity index (χ1) is 14.5. The number of hydrogen-bond acceptors (Lipinski definition) is 7. The Bertz CT molecular complexity index is 1210. The number of rotatable bonds is 5. The average Bonchev–Trinajstić information content (AvgIpc) is 3.29. The minimum absolute atomic E-state index is 0.131. The molecule has 0 atom stereocenters. The van der Waals surface area contributed by atoms with Crippen LogP contribution in [-0.2, 0) is 6.54 Å². The summed E-state index contributed by atoms with van der Waals surface area (Å²) < 4.78 is 13.6. The summed E-state index contributed by atoms with van der Waals surface area (Å²) in [7, 11) is 0. The summed E-state index contributed by atoms with van der Waals surface area (Å²) in [5.74, 6) is 1.71. The maximum Gasteiger partial charge on any atom is 0.407 e. The number of carbonyl (C=O) groups is 1. The summed E-state index contributed by atoms with van der Waals surface area (Å²) in [6.07, 6.45) is 1.57. The number of imidazole rings is 1. The van der Waals surface area contributed by atoms with Crippen LogP contribution in [0, 0.1) is 11.3 Å². The molecule has 0 bridgehead atoms. The predicted molar refractivity (Wildman–Crippen MR) is 110 cm³/mol. The predicted octanol–water partition coefficient (Wildman–Crippen LogP) is 2.88. The Hall–Kier alpha value is -2.73. The van der Waals surface area contributed by atoms with Gasteiger partial charge in [-0.15, -0.1) is 0 Å². The fourth-order valence-corrected chi connectivity index (χ4v) is 4.87. The zero-order valence-corrected chi connectivity index (χ0v) is 18.0. The van der Waals surface area contributed by atoms with Crippen LogP contribution in [0.5, 0.6) is 11.5 Å². The zero-order valence-electron chi connectivity index (χ0n) is 15.6. The molecule has 0 unspecified atom stereocenters. The molecule has 0 radical (unpaired) electrons. The van der Waals surface area contributed by atoms with Gasteiger partial charge in [0.1, 0.15) is 5.52 Å². The van der Waals surface area contributed by atoms with Crippen molar-refractivity contribution in [2.45, 2.75) is 23.0 Å². The van der Waals surface area contributed by atoms with Crippen LogP contribution in [0.15, 0.2) is 33.0 Å². The zero-order chi connectivity index (χ0) is 20.8. The van der Waals surface area contributed by atoms with E-state index in [1.165, 1.54) is 16.7 Å². The van der Waals surface area contributed by atoms with Gasteiger partial charge in [0.05, 0.1) is 6.33 Å². The number of halogens is 1. The molecule has 10 nitrogen and oxygen atoms in total. The molecule has 1 fully saturated rings. The van der Waals surface area contributed by atoms with Gasteiger partial charge in [-0.25, -0.2) is 14.8 Å². The van der Waals surface area contributed by atoms with Crippen molar-refractivity contribution in [3.63, 3.8) is 0 Å². The Balaban J connectivity index is 1.36. The number of carboxylic acid groups (broad SMARTS) is 1. The fourth-order valence-electron chi connectivity index (χ4n) is 3.49. The summed E-state index contributed by atoms with van der Waals surface area (Å²) in [6, 6.07) is 3.76. The van der Waals surface area contributed by atoms with Gasteiger partial charge >= 0.3 is 6.09 Å². The van der Waals surface area contributed by atoms with Crippen molar-refractivity contribution in [3.05, 3.63) is 28.4 Å².